The van der Waals surface area contributed by atoms with Gasteiger partial charge in [0, 0.05) is 33.4 Å². The number of carbonyl (C=O) groups excluding carboxylic acids is 2. The zero-order chi connectivity index (χ0) is 26.8. The maximum atomic E-state index is 13.9. The number of pyridine rings is 1. The molecule has 5 rings (SSSR count). The van der Waals surface area contributed by atoms with E-state index in [4.69, 9.17) is 4.98 Å². The first kappa shape index (κ1) is 25.0. The molecule has 0 spiro atoms. The molecule has 0 atom stereocenters. The second kappa shape index (κ2) is 10.4. The molecule has 1 aromatic heterocycles. The summed E-state index contributed by atoms with van der Waals surface area (Å²) >= 11 is 0. The lowest BCUT2D eigenvalue weighted by molar-refractivity contribution is 0.103. The summed E-state index contributed by atoms with van der Waals surface area (Å²) in [6.07, 6.45) is 0. The molecule has 186 valence electrons. The highest BCUT2D eigenvalue weighted by Crippen LogP contribution is 2.34. The Bertz CT molecular complexity index is 1550. The van der Waals surface area contributed by atoms with Gasteiger partial charge in [0.25, 0.3) is 0 Å². The van der Waals surface area contributed by atoms with E-state index in [-0.39, 0.29) is 11.6 Å². The van der Waals surface area contributed by atoms with Crippen LogP contribution >= 0.6 is 0 Å². The van der Waals surface area contributed by atoms with Crippen LogP contribution in [-0.4, -0.2) is 16.6 Å². The average Bonchev–Trinajstić information content (AvgIpc) is 2.95. The number of hydrogen-bond donors (Lipinski definition) is 0. The first-order valence-corrected chi connectivity index (χ1v) is 12.7. The van der Waals surface area contributed by atoms with E-state index in [0.717, 1.165) is 33.4 Å². The zero-order valence-corrected chi connectivity index (χ0v) is 22.1. The monoisotopic (exact) mass is 495 g/mol. The van der Waals surface area contributed by atoms with Crippen molar-refractivity contribution in [3.8, 4) is 22.5 Å². The predicted octanol–water partition coefficient (Wildman–Crippen LogP) is 8.11. The lowest BCUT2D eigenvalue weighted by Crippen LogP contribution is -2.12. The van der Waals surface area contributed by atoms with Crippen molar-refractivity contribution in [1.29, 1.82) is 0 Å². The van der Waals surface area contributed by atoms with Crippen LogP contribution in [0.25, 0.3) is 22.5 Å². The fourth-order valence-electron chi connectivity index (χ4n) is 4.57. The number of nitrogens with zero attached hydrogens (tertiary/aromatic N) is 1. The smallest absolute Gasteiger partial charge is 0.195 e. The Kier molecular flexibility index (Phi) is 6.85. The van der Waals surface area contributed by atoms with Gasteiger partial charge >= 0.3 is 0 Å². The minimum atomic E-state index is -0.167. The normalized spacial score (nSPS) is 10.8. The quantitative estimate of drug-likeness (QED) is 0.224. The molecule has 0 bridgehead atoms. The van der Waals surface area contributed by atoms with E-state index < -0.39 is 0 Å². The van der Waals surface area contributed by atoms with Crippen molar-refractivity contribution in [1.82, 2.24) is 4.98 Å². The molecule has 0 radical (unpaired) electrons. The van der Waals surface area contributed by atoms with Crippen LogP contribution in [0, 0.1) is 27.7 Å². The summed E-state index contributed by atoms with van der Waals surface area (Å²) in [6, 6.07) is 32.2. The van der Waals surface area contributed by atoms with Crippen LogP contribution in [0.3, 0.4) is 0 Å². The highest BCUT2D eigenvalue weighted by atomic mass is 16.1. The Morgan fingerprint density at radius 1 is 0.474 bits per heavy atom. The maximum absolute atomic E-state index is 13.9. The summed E-state index contributed by atoms with van der Waals surface area (Å²) in [7, 11) is 0. The van der Waals surface area contributed by atoms with Crippen molar-refractivity contribution in [2.75, 3.05) is 0 Å². The molecule has 0 aliphatic rings. The van der Waals surface area contributed by atoms with Gasteiger partial charge in [-0.3, -0.25) is 9.59 Å². The molecule has 0 aliphatic carbocycles. The third kappa shape index (κ3) is 4.83. The van der Waals surface area contributed by atoms with Crippen LogP contribution in [0.2, 0.25) is 0 Å². The molecule has 4 aromatic carbocycles. The van der Waals surface area contributed by atoms with Gasteiger partial charge in [-0.15, -0.1) is 0 Å². The van der Waals surface area contributed by atoms with Gasteiger partial charge in [0.1, 0.15) is 0 Å². The Labute approximate surface area is 223 Å². The number of aromatic nitrogens is 1. The van der Waals surface area contributed by atoms with Crippen LogP contribution in [0.5, 0.6) is 0 Å². The first-order chi connectivity index (χ1) is 18.3. The van der Waals surface area contributed by atoms with Gasteiger partial charge in [-0.05, 0) is 68.1 Å². The van der Waals surface area contributed by atoms with E-state index >= 15 is 0 Å². The molecule has 3 nitrogen and oxygen atoms in total. The van der Waals surface area contributed by atoms with Crippen LogP contribution in [0.1, 0.15) is 54.1 Å². The summed E-state index contributed by atoms with van der Waals surface area (Å²) in [4.78, 5) is 32.9. The van der Waals surface area contributed by atoms with Crippen molar-refractivity contribution >= 4 is 11.6 Å². The molecule has 0 fully saturated rings. The van der Waals surface area contributed by atoms with E-state index in [2.05, 4.69) is 39.8 Å². The highest BCUT2D eigenvalue weighted by Gasteiger charge is 2.24. The number of aryl methyl sites for hydroxylation is 4. The Morgan fingerprint density at radius 3 is 1.24 bits per heavy atom. The topological polar surface area (TPSA) is 47.0 Å². The predicted molar refractivity (Wildman–Crippen MR) is 154 cm³/mol. The Balaban J connectivity index is 1.83. The van der Waals surface area contributed by atoms with Gasteiger partial charge in [-0.25, -0.2) is 4.98 Å². The van der Waals surface area contributed by atoms with Gasteiger partial charge in [-0.1, -0.05) is 84.9 Å². The summed E-state index contributed by atoms with van der Waals surface area (Å²) < 4.78 is 0. The summed E-state index contributed by atoms with van der Waals surface area (Å²) in [6.45, 7) is 8.22. The van der Waals surface area contributed by atoms with Crippen LogP contribution in [0.15, 0.2) is 103 Å². The molecule has 0 amide bonds. The Hall–Kier alpha value is -4.63. The third-order valence-electron chi connectivity index (χ3n) is 7.14. The van der Waals surface area contributed by atoms with Crippen molar-refractivity contribution in [2.45, 2.75) is 27.7 Å². The van der Waals surface area contributed by atoms with E-state index in [1.165, 1.54) is 0 Å². The molecule has 0 saturated heterocycles. The fraction of sp³-hybridized carbons (Fsp3) is 0.114. The highest BCUT2D eigenvalue weighted by molar-refractivity contribution is 6.17. The summed E-state index contributed by atoms with van der Waals surface area (Å²) in [5, 5.41) is 0. The van der Waals surface area contributed by atoms with Gasteiger partial charge in [-0.2, -0.15) is 0 Å². The number of hydrogen-bond acceptors (Lipinski definition) is 3. The largest absolute Gasteiger partial charge is 0.289 e. The van der Waals surface area contributed by atoms with Crippen molar-refractivity contribution in [3.05, 3.63) is 148 Å². The molecule has 1 heterocycles. The Morgan fingerprint density at radius 2 is 0.868 bits per heavy atom. The average molecular weight is 496 g/mol. The molecule has 3 heteroatoms. The molecular formula is C35H29NO2. The molecule has 0 aliphatic heterocycles. The molecule has 5 aromatic rings. The lowest BCUT2D eigenvalue weighted by Gasteiger charge is -2.17. The van der Waals surface area contributed by atoms with Crippen molar-refractivity contribution in [2.24, 2.45) is 0 Å². The standard InChI is InChI=1S/C35H29NO2/c1-22-15-17-28(19-24(22)3)32-30(34(37)26-11-7-5-8-12-26)21-31(35(38)27-13-9-6-10-14-27)33(36-32)29-18-16-23(2)25(4)20-29/h5-21H,1-4H3. The number of benzene rings is 4. The molecular weight excluding hydrogens is 466 g/mol. The maximum Gasteiger partial charge on any atom is 0.195 e. The van der Waals surface area contributed by atoms with Gasteiger partial charge in [0.05, 0.1) is 11.4 Å². The minimum absolute atomic E-state index is 0.167. The second-order valence-corrected chi connectivity index (χ2v) is 9.77. The van der Waals surface area contributed by atoms with Crippen LogP contribution in [-0.2, 0) is 0 Å². The third-order valence-corrected chi connectivity index (χ3v) is 7.14. The van der Waals surface area contributed by atoms with Crippen molar-refractivity contribution < 1.29 is 9.59 Å². The first-order valence-electron chi connectivity index (χ1n) is 12.7. The summed E-state index contributed by atoms with van der Waals surface area (Å²) in [5.74, 6) is -0.333. The number of ketones is 2. The molecule has 0 unspecified atom stereocenters. The van der Waals surface area contributed by atoms with E-state index in [9.17, 15) is 9.59 Å². The van der Waals surface area contributed by atoms with E-state index in [1.807, 2.05) is 60.7 Å². The zero-order valence-electron chi connectivity index (χ0n) is 22.1. The fourth-order valence-corrected chi connectivity index (χ4v) is 4.57. The molecule has 38 heavy (non-hydrogen) atoms. The lowest BCUT2D eigenvalue weighted by atomic mass is 9.90. The minimum Gasteiger partial charge on any atom is -0.289 e. The van der Waals surface area contributed by atoms with Gasteiger partial charge < -0.3 is 0 Å². The second-order valence-electron chi connectivity index (χ2n) is 9.77. The number of carbonyl (C=O) groups is 2. The summed E-state index contributed by atoms with van der Waals surface area (Å²) in [5.41, 5.74) is 9.29. The molecule has 0 saturated carbocycles. The van der Waals surface area contributed by atoms with Crippen LogP contribution < -0.4 is 0 Å². The van der Waals surface area contributed by atoms with Crippen molar-refractivity contribution in [3.63, 3.8) is 0 Å². The van der Waals surface area contributed by atoms with Crippen LogP contribution in [0.4, 0.5) is 0 Å². The van der Waals surface area contributed by atoms with Gasteiger partial charge in [0.2, 0.25) is 0 Å². The van der Waals surface area contributed by atoms with E-state index in [1.54, 1.807) is 30.3 Å². The van der Waals surface area contributed by atoms with E-state index in [0.29, 0.717) is 33.6 Å². The van der Waals surface area contributed by atoms with Gasteiger partial charge in [0.15, 0.2) is 11.6 Å². The number of rotatable bonds is 6. The SMILES string of the molecule is Cc1ccc(-c2nc(-c3ccc(C)c(C)c3)c(C(=O)c3ccccc3)cc2C(=O)c2ccccc2)cc1C. The molecule has 0 N–H and O–H groups in total.